The Morgan fingerprint density at radius 2 is 2.00 bits per heavy atom. The van der Waals surface area contributed by atoms with E-state index in [9.17, 15) is 0 Å². The Labute approximate surface area is 70.6 Å². The first-order valence-corrected chi connectivity index (χ1v) is 5.00. The van der Waals surface area contributed by atoms with Crippen molar-refractivity contribution in [3.8, 4) is 0 Å². The van der Waals surface area contributed by atoms with Gasteiger partial charge in [0.15, 0.2) is 0 Å². The standard InChI is InChI=1S/C10H21N/c1-4-5-8(2)9(3)11-10-6-7-10/h8-11H,4-7H2,1-3H3. The van der Waals surface area contributed by atoms with Crippen molar-refractivity contribution in [1.29, 1.82) is 0 Å². The van der Waals surface area contributed by atoms with Crippen molar-refractivity contribution in [3.05, 3.63) is 0 Å². The lowest BCUT2D eigenvalue weighted by molar-refractivity contribution is 0.374. The molecule has 0 aromatic rings. The molecule has 2 unspecified atom stereocenters. The van der Waals surface area contributed by atoms with Crippen molar-refractivity contribution in [3.63, 3.8) is 0 Å². The molecule has 0 amide bonds. The van der Waals surface area contributed by atoms with Gasteiger partial charge < -0.3 is 5.32 Å². The zero-order valence-corrected chi connectivity index (χ0v) is 8.06. The summed E-state index contributed by atoms with van der Waals surface area (Å²) < 4.78 is 0. The molecule has 0 aliphatic heterocycles. The van der Waals surface area contributed by atoms with Gasteiger partial charge in [0.1, 0.15) is 0 Å². The molecule has 1 aliphatic rings. The van der Waals surface area contributed by atoms with Crippen LogP contribution in [0.25, 0.3) is 0 Å². The second-order valence-electron chi connectivity index (χ2n) is 4.00. The van der Waals surface area contributed by atoms with E-state index in [1.165, 1.54) is 25.7 Å². The summed E-state index contributed by atoms with van der Waals surface area (Å²) in [5, 5.41) is 3.64. The minimum atomic E-state index is 0.724. The molecule has 1 rings (SSSR count). The quantitative estimate of drug-likeness (QED) is 0.643. The lowest BCUT2D eigenvalue weighted by Crippen LogP contribution is -2.33. The van der Waals surface area contributed by atoms with E-state index in [4.69, 9.17) is 0 Å². The molecule has 0 aromatic heterocycles. The Bertz CT molecular complexity index is 107. The smallest absolute Gasteiger partial charge is 0.00708 e. The van der Waals surface area contributed by atoms with Crippen LogP contribution in [0.15, 0.2) is 0 Å². The highest BCUT2D eigenvalue weighted by molar-refractivity contribution is 4.84. The van der Waals surface area contributed by atoms with Crippen molar-refractivity contribution in [2.75, 3.05) is 0 Å². The summed E-state index contributed by atoms with van der Waals surface area (Å²) in [5.74, 6) is 0.848. The molecule has 1 nitrogen and oxygen atoms in total. The molecule has 1 fully saturated rings. The average molecular weight is 155 g/mol. The third-order valence-corrected chi connectivity index (χ3v) is 2.67. The molecule has 0 saturated heterocycles. The van der Waals surface area contributed by atoms with Crippen LogP contribution >= 0.6 is 0 Å². The van der Waals surface area contributed by atoms with E-state index in [1.54, 1.807) is 0 Å². The van der Waals surface area contributed by atoms with E-state index < -0.39 is 0 Å². The largest absolute Gasteiger partial charge is 0.311 e. The SMILES string of the molecule is CCCC(C)C(C)NC1CC1. The van der Waals surface area contributed by atoms with Crippen LogP contribution in [0.1, 0.15) is 46.5 Å². The fourth-order valence-electron chi connectivity index (χ4n) is 1.49. The van der Waals surface area contributed by atoms with Gasteiger partial charge >= 0.3 is 0 Å². The van der Waals surface area contributed by atoms with Gasteiger partial charge in [-0.3, -0.25) is 0 Å². The number of hydrogen-bond acceptors (Lipinski definition) is 1. The van der Waals surface area contributed by atoms with Gasteiger partial charge in [-0.05, 0) is 32.1 Å². The summed E-state index contributed by atoms with van der Waals surface area (Å²) in [6, 6.07) is 1.59. The van der Waals surface area contributed by atoms with E-state index >= 15 is 0 Å². The van der Waals surface area contributed by atoms with Gasteiger partial charge in [-0.15, -0.1) is 0 Å². The summed E-state index contributed by atoms with van der Waals surface area (Å²) in [7, 11) is 0. The minimum Gasteiger partial charge on any atom is -0.311 e. The molecule has 1 saturated carbocycles. The molecular formula is C10H21N. The molecule has 0 heterocycles. The average Bonchev–Trinajstić information content (AvgIpc) is 2.72. The van der Waals surface area contributed by atoms with Crippen LogP contribution in [0.2, 0.25) is 0 Å². The van der Waals surface area contributed by atoms with Crippen LogP contribution in [0.3, 0.4) is 0 Å². The van der Waals surface area contributed by atoms with Crippen molar-refractivity contribution in [2.24, 2.45) is 5.92 Å². The maximum absolute atomic E-state index is 3.64. The number of rotatable bonds is 5. The zero-order chi connectivity index (χ0) is 8.27. The topological polar surface area (TPSA) is 12.0 Å². The fourth-order valence-corrected chi connectivity index (χ4v) is 1.49. The third-order valence-electron chi connectivity index (χ3n) is 2.67. The highest BCUT2D eigenvalue weighted by atomic mass is 15.0. The first-order chi connectivity index (χ1) is 5.24. The second kappa shape index (κ2) is 4.10. The Morgan fingerprint density at radius 1 is 1.36 bits per heavy atom. The molecule has 1 N–H and O–H groups in total. The zero-order valence-electron chi connectivity index (χ0n) is 8.06. The van der Waals surface area contributed by atoms with Gasteiger partial charge in [0.25, 0.3) is 0 Å². The van der Waals surface area contributed by atoms with Gasteiger partial charge in [0, 0.05) is 12.1 Å². The maximum atomic E-state index is 3.64. The van der Waals surface area contributed by atoms with Gasteiger partial charge in [0.2, 0.25) is 0 Å². The molecule has 11 heavy (non-hydrogen) atoms. The molecule has 0 aromatic carbocycles. The monoisotopic (exact) mass is 155 g/mol. The molecule has 0 bridgehead atoms. The minimum absolute atomic E-state index is 0.724. The Kier molecular flexibility index (Phi) is 3.38. The first kappa shape index (κ1) is 9.05. The van der Waals surface area contributed by atoms with Crippen LogP contribution in [-0.2, 0) is 0 Å². The van der Waals surface area contributed by atoms with Gasteiger partial charge in [-0.1, -0.05) is 20.3 Å². The Morgan fingerprint density at radius 3 is 2.45 bits per heavy atom. The van der Waals surface area contributed by atoms with E-state index in [0.717, 1.165) is 18.0 Å². The maximum Gasteiger partial charge on any atom is 0.00708 e. The summed E-state index contributed by atoms with van der Waals surface area (Å²) in [6.07, 6.45) is 5.49. The van der Waals surface area contributed by atoms with Crippen LogP contribution in [0, 0.1) is 5.92 Å². The first-order valence-electron chi connectivity index (χ1n) is 5.00. The second-order valence-corrected chi connectivity index (χ2v) is 4.00. The molecule has 2 atom stereocenters. The Hall–Kier alpha value is -0.0400. The van der Waals surface area contributed by atoms with Crippen molar-refractivity contribution < 1.29 is 0 Å². The van der Waals surface area contributed by atoms with Crippen LogP contribution in [0.4, 0.5) is 0 Å². The van der Waals surface area contributed by atoms with Crippen LogP contribution < -0.4 is 5.32 Å². The van der Waals surface area contributed by atoms with Crippen LogP contribution in [0.5, 0.6) is 0 Å². The Balaban J connectivity index is 2.10. The van der Waals surface area contributed by atoms with E-state index in [0.29, 0.717) is 0 Å². The van der Waals surface area contributed by atoms with Crippen LogP contribution in [-0.4, -0.2) is 12.1 Å². The van der Waals surface area contributed by atoms with Gasteiger partial charge in [-0.2, -0.15) is 0 Å². The van der Waals surface area contributed by atoms with E-state index in [1.807, 2.05) is 0 Å². The van der Waals surface area contributed by atoms with E-state index in [-0.39, 0.29) is 0 Å². The summed E-state index contributed by atoms with van der Waals surface area (Å²) in [4.78, 5) is 0. The van der Waals surface area contributed by atoms with Crippen molar-refractivity contribution in [1.82, 2.24) is 5.32 Å². The summed E-state index contributed by atoms with van der Waals surface area (Å²) >= 11 is 0. The summed E-state index contributed by atoms with van der Waals surface area (Å²) in [5.41, 5.74) is 0. The summed E-state index contributed by atoms with van der Waals surface area (Å²) in [6.45, 7) is 6.93. The molecule has 66 valence electrons. The molecule has 1 heteroatoms. The lowest BCUT2D eigenvalue weighted by atomic mass is 9.98. The molecule has 0 spiro atoms. The molecular weight excluding hydrogens is 134 g/mol. The number of nitrogens with one attached hydrogen (secondary N) is 1. The highest BCUT2D eigenvalue weighted by Gasteiger charge is 2.24. The predicted molar refractivity (Wildman–Crippen MR) is 49.7 cm³/mol. The van der Waals surface area contributed by atoms with Crippen molar-refractivity contribution in [2.45, 2.75) is 58.5 Å². The predicted octanol–water partition coefficient (Wildman–Crippen LogP) is 2.56. The molecule has 1 aliphatic carbocycles. The highest BCUT2D eigenvalue weighted by Crippen LogP contribution is 2.21. The van der Waals surface area contributed by atoms with Gasteiger partial charge in [-0.25, -0.2) is 0 Å². The fraction of sp³-hybridized carbons (Fsp3) is 1.00. The van der Waals surface area contributed by atoms with E-state index in [2.05, 4.69) is 26.1 Å². The number of hydrogen-bond donors (Lipinski definition) is 1. The van der Waals surface area contributed by atoms with Gasteiger partial charge in [0.05, 0.1) is 0 Å². The normalized spacial score (nSPS) is 23.2. The molecule has 0 radical (unpaired) electrons. The third kappa shape index (κ3) is 3.24. The lowest BCUT2D eigenvalue weighted by Gasteiger charge is -2.20. The van der Waals surface area contributed by atoms with Crippen molar-refractivity contribution >= 4 is 0 Å².